The predicted octanol–water partition coefficient (Wildman–Crippen LogP) is 2.58. The third kappa shape index (κ3) is 4.36. The van der Waals surface area contributed by atoms with Crippen LogP contribution in [-0.2, 0) is 4.74 Å². The molecule has 0 bridgehead atoms. The second-order valence-electron chi connectivity index (χ2n) is 3.26. The molecule has 0 unspecified atom stereocenters. The lowest BCUT2D eigenvalue weighted by Gasteiger charge is -2.11. The standard InChI is InChI=1S/C11H13FN2O2S/c1-3-16-11(15)14-10(17)13-9-6-8(12)5-4-7(9)2/h4-6H,3H2,1-2H3,(H2,13,14,15,17). The largest absolute Gasteiger partial charge is 0.450 e. The summed E-state index contributed by atoms with van der Waals surface area (Å²) in [5.41, 5.74) is 1.33. The van der Waals surface area contributed by atoms with Crippen molar-refractivity contribution in [2.24, 2.45) is 0 Å². The minimum Gasteiger partial charge on any atom is -0.450 e. The van der Waals surface area contributed by atoms with Crippen LogP contribution in [0.3, 0.4) is 0 Å². The van der Waals surface area contributed by atoms with E-state index in [9.17, 15) is 9.18 Å². The number of hydrogen-bond donors (Lipinski definition) is 2. The number of benzene rings is 1. The number of aryl methyl sites for hydroxylation is 1. The van der Waals surface area contributed by atoms with Gasteiger partial charge in [0.25, 0.3) is 0 Å². The monoisotopic (exact) mass is 256 g/mol. The van der Waals surface area contributed by atoms with Crippen LogP contribution in [-0.4, -0.2) is 17.8 Å². The summed E-state index contributed by atoms with van der Waals surface area (Å²) >= 11 is 4.88. The highest BCUT2D eigenvalue weighted by Gasteiger charge is 2.06. The second-order valence-corrected chi connectivity index (χ2v) is 3.67. The van der Waals surface area contributed by atoms with Crippen molar-refractivity contribution in [1.82, 2.24) is 5.32 Å². The normalized spacial score (nSPS) is 9.59. The van der Waals surface area contributed by atoms with Gasteiger partial charge in [0.2, 0.25) is 0 Å². The van der Waals surface area contributed by atoms with Crippen molar-refractivity contribution in [3.8, 4) is 0 Å². The number of carbonyl (C=O) groups excluding carboxylic acids is 1. The number of thiocarbonyl (C=S) groups is 1. The van der Waals surface area contributed by atoms with Gasteiger partial charge in [-0.05, 0) is 43.8 Å². The number of anilines is 1. The van der Waals surface area contributed by atoms with Gasteiger partial charge in [-0.2, -0.15) is 0 Å². The van der Waals surface area contributed by atoms with Crippen LogP contribution >= 0.6 is 12.2 Å². The first-order chi connectivity index (χ1) is 8.02. The van der Waals surface area contributed by atoms with Crippen LogP contribution in [0, 0.1) is 12.7 Å². The zero-order valence-corrected chi connectivity index (χ0v) is 10.4. The first-order valence-electron chi connectivity index (χ1n) is 5.04. The summed E-state index contributed by atoms with van der Waals surface area (Å²) in [7, 11) is 0. The molecular weight excluding hydrogens is 243 g/mol. The predicted molar refractivity (Wildman–Crippen MR) is 67.5 cm³/mol. The number of amides is 1. The van der Waals surface area contributed by atoms with E-state index in [1.807, 2.05) is 0 Å². The Morgan fingerprint density at radius 2 is 2.24 bits per heavy atom. The molecule has 1 rings (SSSR count). The number of rotatable bonds is 2. The highest BCUT2D eigenvalue weighted by molar-refractivity contribution is 7.80. The van der Waals surface area contributed by atoms with Crippen LogP contribution < -0.4 is 10.6 Å². The van der Waals surface area contributed by atoms with Crippen LogP contribution in [0.5, 0.6) is 0 Å². The number of ether oxygens (including phenoxy) is 1. The zero-order valence-electron chi connectivity index (χ0n) is 9.54. The van der Waals surface area contributed by atoms with E-state index >= 15 is 0 Å². The number of halogens is 1. The highest BCUT2D eigenvalue weighted by Crippen LogP contribution is 2.15. The van der Waals surface area contributed by atoms with E-state index in [0.717, 1.165) is 5.56 Å². The Hall–Kier alpha value is -1.69. The quantitative estimate of drug-likeness (QED) is 0.798. The summed E-state index contributed by atoms with van der Waals surface area (Å²) in [6, 6.07) is 4.27. The van der Waals surface area contributed by atoms with Crippen molar-refractivity contribution in [1.29, 1.82) is 0 Å². The summed E-state index contributed by atoms with van der Waals surface area (Å²) in [4.78, 5) is 11.1. The van der Waals surface area contributed by atoms with Crippen molar-refractivity contribution < 1.29 is 13.9 Å². The molecule has 0 fully saturated rings. The van der Waals surface area contributed by atoms with Crippen LogP contribution in [0.1, 0.15) is 12.5 Å². The minimum atomic E-state index is -0.640. The molecule has 0 aromatic heterocycles. The molecule has 4 nitrogen and oxygen atoms in total. The maximum atomic E-state index is 13.0. The third-order valence-corrected chi connectivity index (χ3v) is 2.14. The van der Waals surface area contributed by atoms with Crippen molar-refractivity contribution >= 4 is 29.1 Å². The second kappa shape index (κ2) is 6.15. The average Bonchev–Trinajstić information content (AvgIpc) is 2.23. The number of alkyl carbamates (subject to hydrolysis) is 1. The summed E-state index contributed by atoms with van der Waals surface area (Å²) in [6.45, 7) is 3.75. The van der Waals surface area contributed by atoms with Crippen molar-refractivity contribution in [3.05, 3.63) is 29.6 Å². The van der Waals surface area contributed by atoms with Gasteiger partial charge in [-0.25, -0.2) is 9.18 Å². The number of nitrogens with one attached hydrogen (secondary N) is 2. The van der Waals surface area contributed by atoms with Gasteiger partial charge in [-0.15, -0.1) is 0 Å². The molecule has 0 spiro atoms. The van der Waals surface area contributed by atoms with E-state index in [4.69, 9.17) is 12.2 Å². The Morgan fingerprint density at radius 1 is 1.53 bits per heavy atom. The molecule has 0 saturated heterocycles. The third-order valence-electron chi connectivity index (χ3n) is 1.94. The Balaban J connectivity index is 2.62. The molecule has 2 N–H and O–H groups in total. The van der Waals surface area contributed by atoms with Crippen LogP contribution in [0.2, 0.25) is 0 Å². The summed E-state index contributed by atoms with van der Waals surface area (Å²) in [5, 5.41) is 5.10. The average molecular weight is 256 g/mol. The van der Waals surface area contributed by atoms with Crippen LogP contribution in [0.25, 0.3) is 0 Å². The number of carbonyl (C=O) groups is 1. The Kier molecular flexibility index (Phi) is 4.84. The fourth-order valence-electron chi connectivity index (χ4n) is 1.14. The molecule has 0 heterocycles. The lowest BCUT2D eigenvalue weighted by Crippen LogP contribution is -2.34. The fourth-order valence-corrected chi connectivity index (χ4v) is 1.34. The molecule has 1 aromatic rings. The van der Waals surface area contributed by atoms with Gasteiger partial charge < -0.3 is 10.1 Å². The topological polar surface area (TPSA) is 50.4 Å². The molecule has 1 amide bonds. The van der Waals surface area contributed by atoms with E-state index in [-0.39, 0.29) is 17.5 Å². The van der Waals surface area contributed by atoms with E-state index < -0.39 is 6.09 Å². The van der Waals surface area contributed by atoms with E-state index in [1.165, 1.54) is 12.1 Å². The minimum absolute atomic E-state index is 0.0668. The molecule has 92 valence electrons. The van der Waals surface area contributed by atoms with Crippen LogP contribution in [0.4, 0.5) is 14.9 Å². The molecule has 1 aromatic carbocycles. The molecular formula is C11H13FN2O2S. The fraction of sp³-hybridized carbons (Fsp3) is 0.273. The Labute approximate surface area is 104 Å². The summed E-state index contributed by atoms with van der Waals surface area (Å²) in [5.74, 6) is -0.378. The van der Waals surface area contributed by atoms with Crippen molar-refractivity contribution in [2.45, 2.75) is 13.8 Å². The van der Waals surface area contributed by atoms with Gasteiger partial charge in [-0.1, -0.05) is 6.07 Å². The van der Waals surface area contributed by atoms with E-state index in [2.05, 4.69) is 15.4 Å². The molecule has 17 heavy (non-hydrogen) atoms. The molecule has 0 saturated carbocycles. The van der Waals surface area contributed by atoms with Gasteiger partial charge >= 0.3 is 6.09 Å². The maximum absolute atomic E-state index is 13.0. The summed E-state index contributed by atoms with van der Waals surface area (Å²) < 4.78 is 17.6. The van der Waals surface area contributed by atoms with Gasteiger partial charge in [-0.3, -0.25) is 5.32 Å². The first-order valence-corrected chi connectivity index (χ1v) is 5.44. The van der Waals surface area contributed by atoms with Gasteiger partial charge in [0.1, 0.15) is 5.82 Å². The summed E-state index contributed by atoms with van der Waals surface area (Å²) in [6.07, 6.45) is -0.640. The van der Waals surface area contributed by atoms with E-state index in [1.54, 1.807) is 19.9 Å². The Morgan fingerprint density at radius 3 is 2.88 bits per heavy atom. The number of hydrogen-bond acceptors (Lipinski definition) is 3. The van der Waals surface area contributed by atoms with Crippen molar-refractivity contribution in [3.63, 3.8) is 0 Å². The molecule has 0 aliphatic heterocycles. The smallest absolute Gasteiger partial charge is 0.413 e. The lowest BCUT2D eigenvalue weighted by molar-refractivity contribution is 0.158. The van der Waals surface area contributed by atoms with Gasteiger partial charge in [0, 0.05) is 5.69 Å². The highest BCUT2D eigenvalue weighted by atomic mass is 32.1. The zero-order chi connectivity index (χ0) is 12.8. The molecule has 0 radical (unpaired) electrons. The Bertz CT molecular complexity index is 437. The van der Waals surface area contributed by atoms with Crippen LogP contribution in [0.15, 0.2) is 18.2 Å². The SMILES string of the molecule is CCOC(=O)NC(=S)Nc1cc(F)ccc1C. The molecule has 6 heteroatoms. The maximum Gasteiger partial charge on any atom is 0.413 e. The molecule has 0 atom stereocenters. The van der Waals surface area contributed by atoms with Gasteiger partial charge in [0.05, 0.1) is 6.61 Å². The van der Waals surface area contributed by atoms with E-state index in [0.29, 0.717) is 5.69 Å². The van der Waals surface area contributed by atoms with Gasteiger partial charge in [0.15, 0.2) is 5.11 Å². The molecule has 0 aliphatic rings. The van der Waals surface area contributed by atoms with Crippen molar-refractivity contribution in [2.75, 3.05) is 11.9 Å². The lowest BCUT2D eigenvalue weighted by atomic mass is 10.2. The first kappa shape index (κ1) is 13.4. The molecule has 0 aliphatic carbocycles.